The van der Waals surface area contributed by atoms with Gasteiger partial charge < -0.3 is 15.2 Å². The van der Waals surface area contributed by atoms with Gasteiger partial charge >= 0.3 is 0 Å². The fourth-order valence-corrected chi connectivity index (χ4v) is 3.00. The molecule has 0 fully saturated rings. The van der Waals surface area contributed by atoms with Crippen LogP contribution >= 0.6 is 39.9 Å². The van der Waals surface area contributed by atoms with E-state index >= 15 is 0 Å². The molecule has 1 atom stereocenters. The Morgan fingerprint density at radius 2 is 2.15 bits per heavy atom. The van der Waals surface area contributed by atoms with Crippen LogP contribution in [0.5, 0.6) is 0 Å². The first kappa shape index (κ1) is 22.9. The highest BCUT2D eigenvalue weighted by atomic mass is 127. The first-order valence-corrected chi connectivity index (χ1v) is 9.38. The lowest BCUT2D eigenvalue weighted by molar-refractivity contribution is 0.374. The third-order valence-corrected chi connectivity index (χ3v) is 4.47. The summed E-state index contributed by atoms with van der Waals surface area (Å²) in [6.45, 7) is 5.61. The zero-order valence-electron chi connectivity index (χ0n) is 15.5. The number of guanidine groups is 1. The van der Waals surface area contributed by atoms with Crippen LogP contribution in [0.25, 0.3) is 0 Å². The van der Waals surface area contributed by atoms with Crippen LogP contribution < -0.4 is 10.6 Å². The van der Waals surface area contributed by atoms with E-state index in [0.717, 1.165) is 29.8 Å². The molecule has 0 bridgehead atoms. The predicted octanol–water partition coefficient (Wildman–Crippen LogP) is 3.73. The molecule has 0 amide bonds. The van der Waals surface area contributed by atoms with Crippen LogP contribution in [0, 0.1) is 12.8 Å². The quantitative estimate of drug-likeness (QED) is 0.306. The Morgan fingerprint density at radius 3 is 2.77 bits per heavy atom. The molecule has 2 N–H and O–H groups in total. The Kier molecular flexibility index (Phi) is 10.8. The molecule has 26 heavy (non-hydrogen) atoms. The molecule has 2 rings (SSSR count). The lowest BCUT2D eigenvalue weighted by Crippen LogP contribution is -2.40. The summed E-state index contributed by atoms with van der Waals surface area (Å²) in [6, 6.07) is 8.49. The first-order valence-electron chi connectivity index (χ1n) is 8.58. The van der Waals surface area contributed by atoms with Crippen molar-refractivity contribution in [3.05, 3.63) is 46.0 Å². The number of benzene rings is 1. The smallest absolute Gasteiger partial charge is 0.228 e. The summed E-state index contributed by atoms with van der Waals surface area (Å²) in [5, 5.41) is 10.5. The van der Waals surface area contributed by atoms with E-state index in [4.69, 9.17) is 4.52 Å². The molecule has 1 heterocycles. The molecule has 0 radical (unpaired) electrons. The summed E-state index contributed by atoms with van der Waals surface area (Å²) >= 11 is 3.53. The van der Waals surface area contributed by atoms with E-state index in [2.05, 4.69) is 72.9 Å². The zero-order chi connectivity index (χ0) is 18.1. The summed E-state index contributed by atoms with van der Waals surface area (Å²) in [4.78, 5) is 8.47. The van der Waals surface area contributed by atoms with Crippen LogP contribution in [0.2, 0.25) is 0 Å². The largest absolute Gasteiger partial charge is 0.356 e. The van der Waals surface area contributed by atoms with Gasteiger partial charge in [0.15, 0.2) is 11.8 Å². The van der Waals surface area contributed by atoms with E-state index in [9.17, 15) is 0 Å². The van der Waals surface area contributed by atoms with Crippen molar-refractivity contribution in [2.45, 2.75) is 33.1 Å². The van der Waals surface area contributed by atoms with Gasteiger partial charge in [-0.3, -0.25) is 4.99 Å². The van der Waals surface area contributed by atoms with Gasteiger partial charge in [-0.1, -0.05) is 46.6 Å². The maximum atomic E-state index is 5.11. The Hall–Kier alpha value is -1.16. The maximum Gasteiger partial charge on any atom is 0.228 e. The van der Waals surface area contributed by atoms with Crippen LogP contribution in [0.3, 0.4) is 0 Å². The van der Waals surface area contributed by atoms with E-state index in [0.29, 0.717) is 30.6 Å². The minimum absolute atomic E-state index is 0. The molecule has 144 valence electrons. The molecular weight excluding hydrogens is 509 g/mol. The third kappa shape index (κ3) is 8.03. The SMILES string of the molecule is CCC(CNC(=NC)NCCc1nc(C)no1)Cc1cccc(Br)c1.I. The molecule has 8 heteroatoms. The Morgan fingerprint density at radius 1 is 1.35 bits per heavy atom. The minimum atomic E-state index is 0. The highest BCUT2D eigenvalue weighted by Crippen LogP contribution is 2.16. The fraction of sp³-hybridized carbons (Fsp3) is 0.500. The van der Waals surface area contributed by atoms with Gasteiger partial charge in [-0.2, -0.15) is 4.98 Å². The molecule has 0 aliphatic rings. The third-order valence-electron chi connectivity index (χ3n) is 3.97. The van der Waals surface area contributed by atoms with Crippen molar-refractivity contribution in [1.82, 2.24) is 20.8 Å². The number of aromatic nitrogens is 2. The van der Waals surface area contributed by atoms with Gasteiger partial charge in [0.1, 0.15) is 0 Å². The lowest BCUT2D eigenvalue weighted by atomic mass is 9.97. The maximum absolute atomic E-state index is 5.11. The number of aryl methyl sites for hydroxylation is 1. The van der Waals surface area contributed by atoms with Crippen molar-refractivity contribution in [3.8, 4) is 0 Å². The summed E-state index contributed by atoms with van der Waals surface area (Å²) in [5.41, 5.74) is 1.35. The number of halogens is 2. The lowest BCUT2D eigenvalue weighted by Gasteiger charge is -2.18. The Labute approximate surface area is 180 Å². The monoisotopic (exact) mass is 535 g/mol. The van der Waals surface area contributed by atoms with Crippen molar-refractivity contribution >= 4 is 45.9 Å². The van der Waals surface area contributed by atoms with Crippen molar-refractivity contribution in [3.63, 3.8) is 0 Å². The molecule has 0 saturated heterocycles. The number of aliphatic imine (C=N–C) groups is 1. The zero-order valence-corrected chi connectivity index (χ0v) is 19.4. The van der Waals surface area contributed by atoms with Crippen molar-refractivity contribution in [1.29, 1.82) is 0 Å². The fourth-order valence-electron chi connectivity index (χ4n) is 2.55. The van der Waals surface area contributed by atoms with Crippen LogP contribution in [-0.4, -0.2) is 36.2 Å². The van der Waals surface area contributed by atoms with Gasteiger partial charge in [0.2, 0.25) is 5.89 Å². The van der Waals surface area contributed by atoms with Gasteiger partial charge in [0.05, 0.1) is 0 Å². The van der Waals surface area contributed by atoms with Crippen LogP contribution in [0.15, 0.2) is 38.3 Å². The van der Waals surface area contributed by atoms with E-state index in [1.165, 1.54) is 5.56 Å². The summed E-state index contributed by atoms with van der Waals surface area (Å²) in [7, 11) is 1.78. The normalized spacial score (nSPS) is 12.4. The van der Waals surface area contributed by atoms with Crippen molar-refractivity contribution in [2.24, 2.45) is 10.9 Å². The standard InChI is InChI=1S/C18H26BrN5O.HI/c1-4-14(10-15-6-5-7-16(19)11-15)12-22-18(20-3)21-9-8-17-23-13(2)24-25-17;/h5-7,11,14H,4,8-10,12H2,1-3H3,(H2,20,21,22);1H. The van der Waals surface area contributed by atoms with Crippen molar-refractivity contribution in [2.75, 3.05) is 20.1 Å². The number of hydrogen-bond acceptors (Lipinski definition) is 4. The first-order chi connectivity index (χ1) is 12.1. The number of hydrogen-bond donors (Lipinski definition) is 2. The molecule has 6 nitrogen and oxygen atoms in total. The second kappa shape index (κ2) is 12.3. The van der Waals surface area contributed by atoms with E-state index < -0.39 is 0 Å². The van der Waals surface area contributed by atoms with Gasteiger partial charge in [-0.25, -0.2) is 0 Å². The predicted molar refractivity (Wildman–Crippen MR) is 119 cm³/mol. The van der Waals surface area contributed by atoms with Gasteiger partial charge in [0.25, 0.3) is 0 Å². The average molecular weight is 536 g/mol. The number of nitrogens with one attached hydrogen (secondary N) is 2. The molecule has 0 spiro atoms. The Bertz CT molecular complexity index is 692. The summed E-state index contributed by atoms with van der Waals surface area (Å²) in [5.74, 6) is 2.65. The van der Waals surface area contributed by atoms with Crippen LogP contribution in [0.4, 0.5) is 0 Å². The molecule has 0 saturated carbocycles. The van der Waals surface area contributed by atoms with Crippen molar-refractivity contribution < 1.29 is 4.52 Å². The number of rotatable bonds is 8. The Balaban J connectivity index is 0.00000338. The highest BCUT2D eigenvalue weighted by Gasteiger charge is 2.09. The van der Waals surface area contributed by atoms with Gasteiger partial charge in [-0.05, 0) is 37.0 Å². The second-order valence-corrected chi connectivity index (χ2v) is 6.89. The minimum Gasteiger partial charge on any atom is -0.356 e. The van der Waals surface area contributed by atoms with Gasteiger partial charge in [0, 0.05) is 31.0 Å². The molecule has 0 aliphatic heterocycles. The second-order valence-electron chi connectivity index (χ2n) is 5.97. The topological polar surface area (TPSA) is 75.3 Å². The van der Waals surface area contributed by atoms with Crippen LogP contribution in [0.1, 0.15) is 30.6 Å². The van der Waals surface area contributed by atoms with E-state index in [1.54, 1.807) is 7.05 Å². The summed E-state index contributed by atoms with van der Waals surface area (Å²) < 4.78 is 6.23. The highest BCUT2D eigenvalue weighted by molar-refractivity contribution is 14.0. The molecule has 1 unspecified atom stereocenters. The summed E-state index contributed by atoms with van der Waals surface area (Å²) in [6.07, 6.45) is 2.83. The molecule has 0 aliphatic carbocycles. The average Bonchev–Trinajstić information content (AvgIpc) is 3.02. The van der Waals surface area contributed by atoms with E-state index in [-0.39, 0.29) is 24.0 Å². The van der Waals surface area contributed by atoms with Crippen LogP contribution in [-0.2, 0) is 12.8 Å². The molecule has 2 aromatic rings. The van der Waals surface area contributed by atoms with Gasteiger partial charge in [-0.15, -0.1) is 24.0 Å². The molecule has 1 aromatic carbocycles. The van der Waals surface area contributed by atoms with E-state index in [1.807, 2.05) is 6.92 Å². The number of nitrogens with zero attached hydrogens (tertiary/aromatic N) is 3. The molecule has 1 aromatic heterocycles. The molecular formula is C18H27BrIN5O.